The SMILES string of the molecule is C[C@]1(NC(=O)CSCc2ccc(C#N)cc2)CCS(=O)(=O)C1. The van der Waals surface area contributed by atoms with Crippen LogP contribution in [0.25, 0.3) is 0 Å². The molecule has 22 heavy (non-hydrogen) atoms. The molecule has 0 aliphatic carbocycles. The van der Waals surface area contributed by atoms with Crippen molar-refractivity contribution in [3.05, 3.63) is 35.4 Å². The summed E-state index contributed by atoms with van der Waals surface area (Å²) in [5.41, 5.74) is 1.03. The lowest BCUT2D eigenvalue weighted by atomic mass is 10.0. The van der Waals surface area contributed by atoms with E-state index in [1.54, 1.807) is 19.1 Å². The van der Waals surface area contributed by atoms with Crippen molar-refractivity contribution in [3.63, 3.8) is 0 Å². The number of nitrogens with zero attached hydrogens (tertiary/aromatic N) is 1. The minimum atomic E-state index is -3.02. The van der Waals surface area contributed by atoms with Gasteiger partial charge in [-0.2, -0.15) is 5.26 Å². The zero-order valence-corrected chi connectivity index (χ0v) is 14.0. The first kappa shape index (κ1) is 16.8. The van der Waals surface area contributed by atoms with Gasteiger partial charge in [-0.05, 0) is 31.0 Å². The van der Waals surface area contributed by atoms with Gasteiger partial charge in [-0.3, -0.25) is 4.79 Å². The van der Waals surface area contributed by atoms with Gasteiger partial charge in [-0.1, -0.05) is 12.1 Å². The lowest BCUT2D eigenvalue weighted by Gasteiger charge is -2.23. The lowest BCUT2D eigenvalue weighted by Crippen LogP contribution is -2.47. The Morgan fingerprint density at radius 3 is 2.64 bits per heavy atom. The van der Waals surface area contributed by atoms with Crippen molar-refractivity contribution < 1.29 is 13.2 Å². The zero-order chi connectivity index (χ0) is 16.2. The highest BCUT2D eigenvalue weighted by Crippen LogP contribution is 2.23. The van der Waals surface area contributed by atoms with Crippen LogP contribution < -0.4 is 5.32 Å². The summed E-state index contributed by atoms with van der Waals surface area (Å²) < 4.78 is 23.0. The molecular weight excluding hydrogens is 320 g/mol. The Hall–Kier alpha value is -1.52. The van der Waals surface area contributed by atoms with Crippen LogP contribution in [0.4, 0.5) is 0 Å². The average molecular weight is 338 g/mol. The van der Waals surface area contributed by atoms with Crippen molar-refractivity contribution in [1.82, 2.24) is 5.32 Å². The molecule has 1 aromatic rings. The maximum absolute atomic E-state index is 11.9. The van der Waals surface area contributed by atoms with Crippen LogP contribution in [0.1, 0.15) is 24.5 Å². The summed E-state index contributed by atoms with van der Waals surface area (Å²) in [5, 5.41) is 11.6. The summed E-state index contributed by atoms with van der Waals surface area (Å²) in [6, 6.07) is 9.30. The molecule has 1 fully saturated rings. The third-order valence-electron chi connectivity index (χ3n) is 3.53. The molecule has 1 heterocycles. The Kier molecular flexibility index (Phi) is 5.14. The van der Waals surface area contributed by atoms with Gasteiger partial charge in [0.2, 0.25) is 5.91 Å². The Bertz CT molecular complexity index is 692. The molecule has 0 radical (unpaired) electrons. The summed E-state index contributed by atoms with van der Waals surface area (Å²) in [4.78, 5) is 11.9. The maximum atomic E-state index is 11.9. The smallest absolute Gasteiger partial charge is 0.230 e. The first-order chi connectivity index (χ1) is 10.3. The van der Waals surface area contributed by atoms with Crippen molar-refractivity contribution in [3.8, 4) is 6.07 Å². The van der Waals surface area contributed by atoms with Crippen LogP contribution in [0.3, 0.4) is 0 Å². The number of thioether (sulfide) groups is 1. The Balaban J connectivity index is 1.77. The van der Waals surface area contributed by atoms with E-state index < -0.39 is 15.4 Å². The molecule has 2 rings (SSSR count). The van der Waals surface area contributed by atoms with Crippen molar-refractivity contribution in [2.24, 2.45) is 0 Å². The number of benzene rings is 1. The van der Waals surface area contributed by atoms with Gasteiger partial charge in [0, 0.05) is 5.75 Å². The predicted octanol–water partition coefficient (Wildman–Crippen LogP) is 1.48. The molecule has 0 unspecified atom stereocenters. The quantitative estimate of drug-likeness (QED) is 0.879. The minimum Gasteiger partial charge on any atom is -0.349 e. The van der Waals surface area contributed by atoms with Crippen LogP contribution in [0.2, 0.25) is 0 Å². The number of carbonyl (C=O) groups is 1. The molecule has 1 N–H and O–H groups in total. The van der Waals surface area contributed by atoms with Gasteiger partial charge in [0.1, 0.15) is 0 Å². The van der Waals surface area contributed by atoms with Crippen LogP contribution in [-0.2, 0) is 20.4 Å². The Labute approximate surface area is 135 Å². The number of hydrogen-bond donors (Lipinski definition) is 1. The summed E-state index contributed by atoms with van der Waals surface area (Å²) in [6.07, 6.45) is 0.474. The van der Waals surface area contributed by atoms with Gasteiger partial charge in [-0.15, -0.1) is 11.8 Å². The van der Waals surface area contributed by atoms with Crippen LogP contribution in [0, 0.1) is 11.3 Å². The van der Waals surface area contributed by atoms with Crippen molar-refractivity contribution in [1.29, 1.82) is 5.26 Å². The number of amides is 1. The molecule has 1 saturated heterocycles. The number of rotatable bonds is 5. The highest BCUT2D eigenvalue weighted by atomic mass is 32.2. The monoisotopic (exact) mass is 338 g/mol. The van der Waals surface area contributed by atoms with E-state index in [0.717, 1.165) is 5.56 Å². The highest BCUT2D eigenvalue weighted by Gasteiger charge is 2.39. The molecule has 118 valence electrons. The standard InChI is InChI=1S/C15H18N2O3S2/c1-15(6-7-22(19,20)11-15)17-14(18)10-21-9-13-4-2-12(8-16)3-5-13/h2-5H,6-7,9-11H2,1H3,(H,17,18)/t15-/m0/s1. The topological polar surface area (TPSA) is 87.0 Å². The van der Waals surface area contributed by atoms with E-state index in [9.17, 15) is 13.2 Å². The second kappa shape index (κ2) is 6.71. The number of nitriles is 1. The molecule has 1 aliphatic rings. The molecule has 1 atom stereocenters. The molecule has 7 heteroatoms. The summed E-state index contributed by atoms with van der Waals surface area (Å²) in [6.45, 7) is 1.78. The number of sulfone groups is 1. The van der Waals surface area contributed by atoms with Gasteiger partial charge in [0.15, 0.2) is 9.84 Å². The van der Waals surface area contributed by atoms with Crippen molar-refractivity contribution in [2.75, 3.05) is 17.3 Å². The molecule has 0 saturated carbocycles. The number of carbonyl (C=O) groups excluding carboxylic acids is 1. The molecule has 0 bridgehead atoms. The first-order valence-corrected chi connectivity index (χ1v) is 9.88. The van der Waals surface area contributed by atoms with E-state index in [-0.39, 0.29) is 23.2 Å². The number of hydrogen-bond acceptors (Lipinski definition) is 5. The fourth-order valence-corrected chi connectivity index (χ4v) is 5.30. The van der Waals surface area contributed by atoms with Crippen LogP contribution >= 0.6 is 11.8 Å². The molecule has 0 spiro atoms. The number of nitrogens with one attached hydrogen (secondary N) is 1. The second-order valence-corrected chi connectivity index (χ2v) is 8.92. The maximum Gasteiger partial charge on any atom is 0.230 e. The lowest BCUT2D eigenvalue weighted by molar-refractivity contribution is -0.120. The summed E-state index contributed by atoms with van der Waals surface area (Å²) in [5.74, 6) is 0.982. The van der Waals surface area contributed by atoms with E-state index in [4.69, 9.17) is 5.26 Å². The van der Waals surface area contributed by atoms with Gasteiger partial charge in [-0.25, -0.2) is 8.42 Å². The minimum absolute atomic E-state index is 0.0199. The van der Waals surface area contributed by atoms with Crippen molar-refractivity contribution >= 4 is 27.5 Å². The van der Waals surface area contributed by atoms with E-state index in [1.807, 2.05) is 12.1 Å². The molecule has 1 aliphatic heterocycles. The Morgan fingerprint density at radius 2 is 2.09 bits per heavy atom. The van der Waals surface area contributed by atoms with Gasteiger partial charge in [0.25, 0.3) is 0 Å². The zero-order valence-electron chi connectivity index (χ0n) is 12.3. The van der Waals surface area contributed by atoms with E-state index in [1.165, 1.54) is 11.8 Å². The molecule has 1 amide bonds. The van der Waals surface area contributed by atoms with E-state index in [0.29, 0.717) is 17.7 Å². The largest absolute Gasteiger partial charge is 0.349 e. The third kappa shape index (κ3) is 4.75. The van der Waals surface area contributed by atoms with Gasteiger partial charge < -0.3 is 5.32 Å². The fraction of sp³-hybridized carbons (Fsp3) is 0.467. The molecule has 1 aromatic carbocycles. The predicted molar refractivity (Wildman–Crippen MR) is 87.1 cm³/mol. The molecule has 0 aromatic heterocycles. The third-order valence-corrected chi connectivity index (χ3v) is 6.44. The first-order valence-electron chi connectivity index (χ1n) is 6.90. The van der Waals surface area contributed by atoms with E-state index >= 15 is 0 Å². The summed E-state index contributed by atoms with van der Waals surface area (Å²) >= 11 is 1.47. The van der Waals surface area contributed by atoms with Crippen LogP contribution in [0.5, 0.6) is 0 Å². The van der Waals surface area contributed by atoms with Crippen LogP contribution in [-0.4, -0.2) is 37.1 Å². The molecular formula is C15H18N2O3S2. The van der Waals surface area contributed by atoms with E-state index in [2.05, 4.69) is 11.4 Å². The molecule has 5 nitrogen and oxygen atoms in total. The van der Waals surface area contributed by atoms with Gasteiger partial charge in [0.05, 0.1) is 34.4 Å². The van der Waals surface area contributed by atoms with Crippen molar-refractivity contribution in [2.45, 2.75) is 24.6 Å². The highest BCUT2D eigenvalue weighted by molar-refractivity contribution is 7.99. The summed E-state index contributed by atoms with van der Waals surface area (Å²) in [7, 11) is -3.02. The average Bonchev–Trinajstić information content (AvgIpc) is 2.73. The normalized spacial score (nSPS) is 22.9. The van der Waals surface area contributed by atoms with Gasteiger partial charge >= 0.3 is 0 Å². The second-order valence-electron chi connectivity index (χ2n) is 5.75. The fourth-order valence-electron chi connectivity index (χ4n) is 2.42. The Morgan fingerprint density at radius 1 is 1.41 bits per heavy atom. The van der Waals surface area contributed by atoms with Crippen LogP contribution in [0.15, 0.2) is 24.3 Å².